The molecule has 1 aliphatic carbocycles. The van der Waals surface area contributed by atoms with E-state index in [1.807, 2.05) is 25.1 Å². The number of carbonyl (C=O) groups is 1. The lowest BCUT2D eigenvalue weighted by Crippen LogP contribution is -2.45. The molecule has 3 aromatic heterocycles. The molecule has 2 unspecified atom stereocenters. The van der Waals surface area contributed by atoms with Gasteiger partial charge in [0.1, 0.15) is 16.3 Å². The number of hydrogen-bond acceptors (Lipinski definition) is 9. The van der Waals surface area contributed by atoms with Gasteiger partial charge in [-0.1, -0.05) is 34.0 Å². The van der Waals surface area contributed by atoms with Crippen LogP contribution in [0.1, 0.15) is 71.0 Å². The molecule has 0 amide bonds. The van der Waals surface area contributed by atoms with E-state index in [0.717, 1.165) is 78.0 Å². The Labute approximate surface area is 233 Å². The number of benzene rings is 1. The topological polar surface area (TPSA) is 115 Å². The third-order valence-corrected chi connectivity index (χ3v) is 9.44. The van der Waals surface area contributed by atoms with E-state index in [1.54, 1.807) is 12.1 Å². The third-order valence-electron chi connectivity index (χ3n) is 8.05. The van der Waals surface area contributed by atoms with E-state index in [0.29, 0.717) is 34.3 Å². The summed E-state index contributed by atoms with van der Waals surface area (Å²) in [7, 11) is 0. The number of carboxylic acid groups (broad SMARTS) is 1. The van der Waals surface area contributed by atoms with Gasteiger partial charge in [0.2, 0.25) is 5.82 Å². The molecule has 9 nitrogen and oxygen atoms in total. The molecule has 0 radical (unpaired) electrons. The van der Waals surface area contributed by atoms with E-state index in [1.165, 1.54) is 0 Å². The number of rotatable bonds is 8. The van der Waals surface area contributed by atoms with Gasteiger partial charge in [-0.15, -0.1) is 11.3 Å². The van der Waals surface area contributed by atoms with Crippen LogP contribution in [0.5, 0.6) is 0 Å². The van der Waals surface area contributed by atoms with Crippen molar-refractivity contribution in [1.29, 1.82) is 0 Å². The summed E-state index contributed by atoms with van der Waals surface area (Å²) in [6, 6.07) is 10.1. The van der Waals surface area contributed by atoms with Crippen LogP contribution in [0.15, 0.2) is 39.4 Å². The number of hydrogen-bond donors (Lipinski definition) is 1. The maximum absolute atomic E-state index is 11.2. The van der Waals surface area contributed by atoms with Crippen LogP contribution in [0.3, 0.4) is 0 Å². The Morgan fingerprint density at radius 3 is 2.62 bits per heavy atom. The van der Waals surface area contributed by atoms with E-state index < -0.39 is 5.97 Å². The lowest BCUT2D eigenvalue weighted by atomic mass is 9.99. The van der Waals surface area contributed by atoms with Crippen LogP contribution >= 0.6 is 22.9 Å². The van der Waals surface area contributed by atoms with Gasteiger partial charge in [-0.2, -0.15) is 4.98 Å². The van der Waals surface area contributed by atoms with Crippen LogP contribution in [0, 0.1) is 6.92 Å². The molecule has 2 atom stereocenters. The quantitative estimate of drug-likeness (QED) is 0.248. The van der Waals surface area contributed by atoms with Gasteiger partial charge in [-0.3, -0.25) is 0 Å². The monoisotopic (exact) mass is 566 g/mol. The zero-order chi connectivity index (χ0) is 26.7. The average molecular weight is 567 g/mol. The van der Waals surface area contributed by atoms with E-state index in [2.05, 4.69) is 20.2 Å². The number of thiophene rings is 1. The van der Waals surface area contributed by atoms with Gasteiger partial charge in [0, 0.05) is 29.1 Å². The smallest absolute Gasteiger partial charge is 0.345 e. The maximum atomic E-state index is 11.2. The number of halogens is 1. The van der Waals surface area contributed by atoms with Crippen molar-refractivity contribution >= 4 is 34.9 Å². The van der Waals surface area contributed by atoms with Gasteiger partial charge in [-0.25, -0.2) is 4.79 Å². The summed E-state index contributed by atoms with van der Waals surface area (Å²) in [4.78, 5) is 19.0. The fourth-order valence-corrected chi connectivity index (χ4v) is 7.11. The second kappa shape index (κ2) is 9.76. The molecule has 3 aliphatic rings. The first-order valence-corrected chi connectivity index (χ1v) is 14.5. The first kappa shape index (κ1) is 24.8. The summed E-state index contributed by atoms with van der Waals surface area (Å²) in [5.41, 5.74) is 3.78. The first-order chi connectivity index (χ1) is 19.0. The molecule has 2 bridgehead atoms. The summed E-state index contributed by atoms with van der Waals surface area (Å²) in [6.07, 6.45) is 6.12. The number of anilines is 1. The van der Waals surface area contributed by atoms with E-state index >= 15 is 0 Å². The molecule has 3 fully saturated rings. The molecular weight excluding hydrogens is 540 g/mol. The molecule has 39 heavy (non-hydrogen) atoms. The van der Waals surface area contributed by atoms with Crippen molar-refractivity contribution < 1.29 is 23.7 Å². The van der Waals surface area contributed by atoms with Gasteiger partial charge in [0.25, 0.3) is 0 Å². The highest BCUT2D eigenvalue weighted by Crippen LogP contribution is 2.46. The molecule has 11 heteroatoms. The van der Waals surface area contributed by atoms with Crippen LogP contribution in [-0.4, -0.2) is 44.6 Å². The minimum Gasteiger partial charge on any atom is -0.477 e. The summed E-state index contributed by atoms with van der Waals surface area (Å²) >= 11 is 7.73. The Morgan fingerprint density at radius 2 is 1.92 bits per heavy atom. The molecule has 7 rings (SSSR count). The molecule has 1 N–H and O–H groups in total. The van der Waals surface area contributed by atoms with Crippen LogP contribution in [0.25, 0.3) is 22.0 Å². The van der Waals surface area contributed by atoms with Gasteiger partial charge >= 0.3 is 12.0 Å². The highest BCUT2D eigenvalue weighted by atomic mass is 35.5. The molecule has 2 saturated heterocycles. The van der Waals surface area contributed by atoms with Crippen molar-refractivity contribution in [2.24, 2.45) is 0 Å². The van der Waals surface area contributed by atoms with Crippen LogP contribution < -0.4 is 4.90 Å². The van der Waals surface area contributed by atoms with Crippen molar-refractivity contribution in [3.63, 3.8) is 0 Å². The maximum Gasteiger partial charge on any atom is 0.345 e. The molecule has 1 aromatic carbocycles. The van der Waals surface area contributed by atoms with Gasteiger partial charge in [0.15, 0.2) is 0 Å². The zero-order valence-electron chi connectivity index (χ0n) is 21.3. The van der Waals surface area contributed by atoms with Crippen molar-refractivity contribution in [3.05, 3.63) is 57.1 Å². The molecule has 5 heterocycles. The Morgan fingerprint density at radius 1 is 1.13 bits per heavy atom. The highest BCUT2D eigenvalue weighted by molar-refractivity contribution is 7.17. The van der Waals surface area contributed by atoms with Crippen LogP contribution in [0.4, 0.5) is 6.01 Å². The normalized spacial score (nSPS) is 22.5. The zero-order valence-corrected chi connectivity index (χ0v) is 22.9. The first-order valence-electron chi connectivity index (χ1n) is 13.3. The highest BCUT2D eigenvalue weighted by Gasteiger charge is 2.44. The SMILES string of the molecule is Cc1cccc(Cl)c1-c1noc(C2CC2)c1COC1CC2CCC(C1)N2c1nc(-c2ccc(C(=O)O)s2)no1. The van der Waals surface area contributed by atoms with Crippen molar-refractivity contribution in [2.75, 3.05) is 4.90 Å². The minimum absolute atomic E-state index is 0.0960. The van der Waals surface area contributed by atoms with E-state index in [-0.39, 0.29) is 23.1 Å². The summed E-state index contributed by atoms with van der Waals surface area (Å²) < 4.78 is 18.1. The number of nitrogens with zero attached hydrogens (tertiary/aromatic N) is 4. The number of fused-ring (bicyclic) bond motifs is 2. The molecule has 0 spiro atoms. The second-order valence-electron chi connectivity index (χ2n) is 10.6. The molecule has 4 aromatic rings. The summed E-state index contributed by atoms with van der Waals surface area (Å²) in [6.45, 7) is 2.48. The van der Waals surface area contributed by atoms with Gasteiger partial charge in [0.05, 0.1) is 22.6 Å². The number of aryl methyl sites for hydroxylation is 1. The molecule has 1 saturated carbocycles. The van der Waals surface area contributed by atoms with Crippen LogP contribution in [0.2, 0.25) is 5.02 Å². The second-order valence-corrected chi connectivity index (χ2v) is 12.1. The lowest BCUT2D eigenvalue weighted by molar-refractivity contribution is 0.0138. The summed E-state index contributed by atoms with van der Waals surface area (Å²) in [5.74, 6) is 0.803. The molecular formula is C28H27ClN4O5S. The van der Waals surface area contributed by atoms with Crippen molar-refractivity contribution in [1.82, 2.24) is 15.3 Å². The Bertz CT molecular complexity index is 1510. The van der Waals surface area contributed by atoms with E-state index in [9.17, 15) is 9.90 Å². The lowest BCUT2D eigenvalue weighted by Gasteiger charge is -2.37. The standard InChI is InChI=1S/C28H27ClN4O5S/c1-14-3-2-4-20(29)23(14)24-19(25(37-31-24)15-5-6-15)13-36-18-11-16-7-8-17(12-18)33(16)28-30-26(32-38-28)21-9-10-22(39-21)27(34)35/h2-4,9-10,15-18H,5-8,11-13H2,1H3,(H,34,35). The number of aromatic nitrogens is 3. The van der Waals surface area contributed by atoms with Gasteiger partial charge < -0.3 is 23.8 Å². The Hall–Kier alpha value is -3.21. The number of piperidine rings is 1. The Kier molecular flexibility index (Phi) is 6.21. The fourth-order valence-electron chi connectivity index (χ4n) is 6.03. The third kappa shape index (κ3) is 4.54. The molecule has 2 aliphatic heterocycles. The largest absolute Gasteiger partial charge is 0.477 e. The fraction of sp³-hybridized carbons (Fsp3) is 0.429. The predicted molar refractivity (Wildman–Crippen MR) is 145 cm³/mol. The molecule has 202 valence electrons. The number of ether oxygens (including phenoxy) is 1. The Balaban J connectivity index is 1.07. The number of carboxylic acids is 1. The number of aromatic carboxylic acids is 1. The average Bonchev–Trinajstić information content (AvgIpc) is 3.25. The van der Waals surface area contributed by atoms with Crippen LogP contribution in [-0.2, 0) is 11.3 Å². The van der Waals surface area contributed by atoms with Crippen molar-refractivity contribution in [3.8, 4) is 22.0 Å². The minimum atomic E-state index is -0.959. The van der Waals surface area contributed by atoms with E-state index in [4.69, 9.17) is 25.4 Å². The van der Waals surface area contributed by atoms with Gasteiger partial charge in [-0.05, 0) is 69.2 Å². The van der Waals surface area contributed by atoms with Crippen molar-refractivity contribution in [2.45, 2.75) is 76.2 Å². The predicted octanol–water partition coefficient (Wildman–Crippen LogP) is 6.71. The summed E-state index contributed by atoms with van der Waals surface area (Å²) in [5, 5.41) is 18.5.